The van der Waals surface area contributed by atoms with Crippen LogP contribution in [-0.2, 0) is 6.54 Å². The minimum atomic E-state index is 0.664. The maximum Gasteiger partial charge on any atom is 0.0737 e. The van der Waals surface area contributed by atoms with Gasteiger partial charge in [-0.05, 0) is 61.7 Å². The molecule has 2 heterocycles. The number of hydrogen-bond acceptors (Lipinski definition) is 3. The van der Waals surface area contributed by atoms with Crippen LogP contribution in [0.15, 0.2) is 57.7 Å². The number of nitrogens with one attached hydrogen (secondary N) is 2. The molecule has 2 aromatic heterocycles. The molecular formula is C15H12Br2N4. The number of rotatable bonds is 4. The number of hydrogen-bond donors (Lipinski definition) is 2. The first-order valence-corrected chi connectivity index (χ1v) is 7.94. The van der Waals surface area contributed by atoms with E-state index in [1.165, 1.54) is 0 Å². The molecule has 0 aliphatic rings. The fraction of sp³-hybridized carbons (Fsp3) is 0.0667. The number of nitrogens with zero attached hydrogens (tertiary/aromatic N) is 2. The van der Waals surface area contributed by atoms with Crippen LogP contribution in [0.3, 0.4) is 0 Å². The van der Waals surface area contributed by atoms with Crippen molar-refractivity contribution in [3.05, 3.63) is 63.4 Å². The molecule has 21 heavy (non-hydrogen) atoms. The third-order valence-corrected chi connectivity index (χ3v) is 4.16. The number of H-pyrrole nitrogens is 1. The van der Waals surface area contributed by atoms with Gasteiger partial charge < -0.3 is 5.32 Å². The van der Waals surface area contributed by atoms with Crippen LogP contribution in [-0.4, -0.2) is 15.2 Å². The predicted octanol–water partition coefficient (Wildman–Crippen LogP) is 4.61. The summed E-state index contributed by atoms with van der Waals surface area (Å²) < 4.78 is 1.94. The molecule has 4 nitrogen and oxygen atoms in total. The minimum absolute atomic E-state index is 0.664. The van der Waals surface area contributed by atoms with Crippen molar-refractivity contribution in [1.29, 1.82) is 0 Å². The molecule has 0 unspecified atom stereocenters. The highest BCUT2D eigenvalue weighted by Crippen LogP contribution is 2.22. The third-order valence-electron chi connectivity index (χ3n) is 3.04. The minimum Gasteiger partial charge on any atom is -0.379 e. The Balaban J connectivity index is 1.68. The van der Waals surface area contributed by atoms with Gasteiger partial charge >= 0.3 is 0 Å². The maximum atomic E-state index is 4.38. The molecule has 0 aliphatic heterocycles. The first-order valence-electron chi connectivity index (χ1n) is 6.36. The standard InChI is InChI=1S/C15H12Br2N4/c16-11-7-13(17)15(19-8-11)9-18-12-3-1-10(2-4-12)14-5-6-20-21-14/h1-8,18H,9H2,(H,20,21). The van der Waals surface area contributed by atoms with Crippen molar-refractivity contribution in [2.45, 2.75) is 6.54 Å². The molecule has 0 aliphatic carbocycles. The summed E-state index contributed by atoms with van der Waals surface area (Å²) >= 11 is 6.91. The van der Waals surface area contributed by atoms with Crippen molar-refractivity contribution in [3.63, 3.8) is 0 Å². The molecule has 6 heteroatoms. The number of anilines is 1. The zero-order chi connectivity index (χ0) is 14.7. The Morgan fingerprint density at radius 1 is 1.10 bits per heavy atom. The Morgan fingerprint density at radius 3 is 2.57 bits per heavy atom. The van der Waals surface area contributed by atoms with E-state index in [-0.39, 0.29) is 0 Å². The van der Waals surface area contributed by atoms with Gasteiger partial charge in [0.2, 0.25) is 0 Å². The van der Waals surface area contributed by atoms with Crippen molar-refractivity contribution in [3.8, 4) is 11.3 Å². The zero-order valence-electron chi connectivity index (χ0n) is 11.0. The highest BCUT2D eigenvalue weighted by molar-refractivity contribution is 9.11. The lowest BCUT2D eigenvalue weighted by Gasteiger charge is -2.08. The predicted molar refractivity (Wildman–Crippen MR) is 91.0 cm³/mol. The van der Waals surface area contributed by atoms with Gasteiger partial charge in [-0.3, -0.25) is 10.1 Å². The molecule has 0 spiro atoms. The largest absolute Gasteiger partial charge is 0.379 e. The highest BCUT2D eigenvalue weighted by Gasteiger charge is 2.03. The molecule has 3 aromatic rings. The Morgan fingerprint density at radius 2 is 1.90 bits per heavy atom. The zero-order valence-corrected chi connectivity index (χ0v) is 14.1. The quantitative estimate of drug-likeness (QED) is 0.663. The Labute approximate surface area is 139 Å². The fourth-order valence-electron chi connectivity index (χ4n) is 1.94. The van der Waals surface area contributed by atoms with Crippen LogP contribution in [0.5, 0.6) is 0 Å². The first-order chi connectivity index (χ1) is 10.2. The summed E-state index contributed by atoms with van der Waals surface area (Å²) in [6, 6.07) is 12.1. The van der Waals surface area contributed by atoms with E-state index in [9.17, 15) is 0 Å². The van der Waals surface area contributed by atoms with Gasteiger partial charge in [0.1, 0.15) is 0 Å². The Bertz CT molecular complexity index is 724. The number of aromatic nitrogens is 3. The lowest BCUT2D eigenvalue weighted by Crippen LogP contribution is -2.02. The third kappa shape index (κ3) is 3.51. The van der Waals surface area contributed by atoms with Crippen LogP contribution in [0.4, 0.5) is 5.69 Å². The van der Waals surface area contributed by atoms with Gasteiger partial charge in [0.25, 0.3) is 0 Å². The summed E-state index contributed by atoms with van der Waals surface area (Å²) in [4.78, 5) is 4.38. The van der Waals surface area contributed by atoms with Crippen molar-refractivity contribution < 1.29 is 0 Å². The molecule has 0 atom stereocenters. The van der Waals surface area contributed by atoms with E-state index >= 15 is 0 Å². The van der Waals surface area contributed by atoms with Crippen LogP contribution >= 0.6 is 31.9 Å². The van der Waals surface area contributed by atoms with Crippen LogP contribution in [0.1, 0.15) is 5.69 Å². The van der Waals surface area contributed by atoms with Gasteiger partial charge in [0, 0.05) is 27.0 Å². The SMILES string of the molecule is Brc1cnc(CNc2ccc(-c3ccn[nH]3)cc2)c(Br)c1. The molecule has 0 radical (unpaired) electrons. The van der Waals surface area contributed by atoms with Gasteiger partial charge in [0.15, 0.2) is 0 Å². The van der Waals surface area contributed by atoms with E-state index in [0.29, 0.717) is 6.54 Å². The van der Waals surface area contributed by atoms with Gasteiger partial charge in [0.05, 0.1) is 17.9 Å². The topological polar surface area (TPSA) is 53.6 Å². The summed E-state index contributed by atoms with van der Waals surface area (Å²) in [5.74, 6) is 0. The van der Waals surface area contributed by atoms with Gasteiger partial charge in [-0.2, -0.15) is 5.10 Å². The second kappa shape index (κ2) is 6.41. The average molecular weight is 408 g/mol. The smallest absolute Gasteiger partial charge is 0.0737 e. The van der Waals surface area contributed by atoms with Crippen LogP contribution in [0.25, 0.3) is 11.3 Å². The van der Waals surface area contributed by atoms with Crippen molar-refractivity contribution >= 4 is 37.5 Å². The van der Waals surface area contributed by atoms with Crippen molar-refractivity contribution in [2.24, 2.45) is 0 Å². The first kappa shape index (κ1) is 14.3. The molecule has 0 saturated heterocycles. The second-order valence-electron chi connectivity index (χ2n) is 4.48. The molecule has 106 valence electrons. The number of aromatic amines is 1. The van der Waals surface area contributed by atoms with Gasteiger partial charge in [-0.1, -0.05) is 12.1 Å². The average Bonchev–Trinajstić information content (AvgIpc) is 3.01. The molecule has 0 fully saturated rings. The summed E-state index contributed by atoms with van der Waals surface area (Å²) in [7, 11) is 0. The number of halogens is 2. The number of benzene rings is 1. The summed E-state index contributed by atoms with van der Waals surface area (Å²) in [6.45, 7) is 0.664. The number of pyridine rings is 1. The molecule has 0 bridgehead atoms. The lowest BCUT2D eigenvalue weighted by molar-refractivity contribution is 1.03. The Kier molecular flexibility index (Phi) is 4.36. The monoisotopic (exact) mass is 406 g/mol. The van der Waals surface area contributed by atoms with E-state index in [4.69, 9.17) is 0 Å². The molecule has 0 saturated carbocycles. The maximum absolute atomic E-state index is 4.38. The molecule has 3 rings (SSSR count). The normalized spacial score (nSPS) is 10.6. The van der Waals surface area contributed by atoms with Crippen molar-refractivity contribution in [2.75, 3.05) is 5.32 Å². The molecular weight excluding hydrogens is 396 g/mol. The van der Waals surface area contributed by atoms with Gasteiger partial charge in [-0.25, -0.2) is 0 Å². The van der Waals surface area contributed by atoms with Crippen LogP contribution < -0.4 is 5.32 Å². The molecule has 1 aromatic carbocycles. The summed E-state index contributed by atoms with van der Waals surface area (Å²) in [6.07, 6.45) is 3.54. The second-order valence-corrected chi connectivity index (χ2v) is 6.25. The van der Waals surface area contributed by atoms with E-state index in [2.05, 4.69) is 64.5 Å². The highest BCUT2D eigenvalue weighted by atomic mass is 79.9. The van der Waals surface area contributed by atoms with Gasteiger partial charge in [-0.15, -0.1) is 0 Å². The summed E-state index contributed by atoms with van der Waals surface area (Å²) in [5, 5.41) is 10.3. The van der Waals surface area contributed by atoms with E-state index in [1.807, 2.05) is 24.3 Å². The van der Waals surface area contributed by atoms with E-state index in [1.54, 1.807) is 12.4 Å². The summed E-state index contributed by atoms with van der Waals surface area (Å²) in [5.41, 5.74) is 4.14. The molecule has 2 N–H and O–H groups in total. The molecule has 0 amide bonds. The lowest BCUT2D eigenvalue weighted by atomic mass is 10.1. The Hall–Kier alpha value is -1.66. The van der Waals surface area contributed by atoms with Crippen LogP contribution in [0.2, 0.25) is 0 Å². The fourth-order valence-corrected chi connectivity index (χ4v) is 3.07. The van der Waals surface area contributed by atoms with E-state index < -0.39 is 0 Å². The van der Waals surface area contributed by atoms with E-state index in [0.717, 1.165) is 31.6 Å². The van der Waals surface area contributed by atoms with Crippen LogP contribution in [0, 0.1) is 0 Å². The van der Waals surface area contributed by atoms with Crippen molar-refractivity contribution in [1.82, 2.24) is 15.2 Å².